The van der Waals surface area contributed by atoms with Crippen LogP contribution in [-0.4, -0.2) is 64.8 Å². The highest BCUT2D eigenvalue weighted by Gasteiger charge is 2.51. The number of amides is 2. The van der Waals surface area contributed by atoms with E-state index in [0.29, 0.717) is 38.0 Å². The van der Waals surface area contributed by atoms with E-state index in [1.807, 2.05) is 34.1 Å². The Labute approximate surface area is 284 Å². The number of nitrogens with one attached hydrogen (secondary N) is 1. The first-order chi connectivity index (χ1) is 23.1. The van der Waals surface area contributed by atoms with Gasteiger partial charge in [-0.3, -0.25) is 14.4 Å². The summed E-state index contributed by atoms with van der Waals surface area (Å²) in [6.07, 6.45) is 14.1. The summed E-state index contributed by atoms with van der Waals surface area (Å²) in [5.41, 5.74) is 4.83. The number of alkyl carbamates (subject to hydrolysis) is 1. The fourth-order valence-corrected chi connectivity index (χ4v) is 8.26. The lowest BCUT2D eigenvalue weighted by Crippen LogP contribution is -2.52. The van der Waals surface area contributed by atoms with Crippen molar-refractivity contribution in [2.45, 2.75) is 103 Å². The number of methoxy groups -OCH3 is 1. The van der Waals surface area contributed by atoms with Crippen LogP contribution < -0.4 is 15.0 Å². The van der Waals surface area contributed by atoms with Crippen molar-refractivity contribution in [3.63, 3.8) is 0 Å². The molecule has 2 aromatic heterocycles. The number of fused-ring (bicyclic) bond motifs is 3. The molecular weight excluding hydrogens is 606 g/mol. The van der Waals surface area contributed by atoms with Gasteiger partial charge in [-0.15, -0.1) is 0 Å². The number of anilines is 1. The molecular formula is C38H51N5O5. The SMILES string of the molecule is COc1ccc(C23CCC(CN(C(=O)C4CCC(OC(=O)NCCO)CC4)c4cc(-c5cnn(C(C)C)c5)ccn4)(CC2)CC3)cc1C. The normalized spacial score (nSPS) is 25.1. The monoisotopic (exact) mass is 657 g/mol. The van der Waals surface area contributed by atoms with Crippen molar-refractivity contribution in [2.24, 2.45) is 11.3 Å². The molecule has 2 N–H and O–H groups in total. The lowest BCUT2D eigenvalue weighted by atomic mass is 9.51. The minimum Gasteiger partial charge on any atom is -0.496 e. The van der Waals surface area contributed by atoms with Gasteiger partial charge in [-0.2, -0.15) is 5.10 Å². The molecule has 10 heteroatoms. The molecule has 4 fully saturated rings. The van der Waals surface area contributed by atoms with Gasteiger partial charge in [0.25, 0.3) is 0 Å². The minimum absolute atomic E-state index is 0.0459. The van der Waals surface area contributed by atoms with E-state index in [9.17, 15) is 9.59 Å². The van der Waals surface area contributed by atoms with Crippen LogP contribution >= 0.6 is 0 Å². The number of aryl methyl sites for hydroxylation is 1. The van der Waals surface area contributed by atoms with Crippen LogP contribution in [0.2, 0.25) is 0 Å². The second-order valence-corrected chi connectivity index (χ2v) is 14.6. The van der Waals surface area contributed by atoms with Gasteiger partial charge < -0.3 is 19.9 Å². The highest BCUT2D eigenvalue weighted by molar-refractivity contribution is 5.95. The van der Waals surface area contributed by atoms with Gasteiger partial charge in [0.1, 0.15) is 17.7 Å². The Hall–Kier alpha value is -3.92. The zero-order valence-electron chi connectivity index (χ0n) is 28.9. The van der Waals surface area contributed by atoms with Crippen LogP contribution in [0.5, 0.6) is 5.75 Å². The molecule has 0 saturated heterocycles. The molecule has 1 aromatic carbocycles. The van der Waals surface area contributed by atoms with Gasteiger partial charge in [-0.25, -0.2) is 9.78 Å². The van der Waals surface area contributed by atoms with Gasteiger partial charge in [0.05, 0.1) is 19.9 Å². The van der Waals surface area contributed by atoms with Gasteiger partial charge >= 0.3 is 6.09 Å². The summed E-state index contributed by atoms with van der Waals surface area (Å²) in [5.74, 6) is 1.58. The first kappa shape index (κ1) is 34.0. The first-order valence-electron chi connectivity index (χ1n) is 17.7. The number of ether oxygens (including phenoxy) is 2. The third kappa shape index (κ3) is 7.09. The Bertz CT molecular complexity index is 1570. The summed E-state index contributed by atoms with van der Waals surface area (Å²) in [5, 5.41) is 16.1. The van der Waals surface area contributed by atoms with Crippen LogP contribution in [0.4, 0.5) is 10.6 Å². The molecule has 2 bridgehead atoms. The predicted octanol–water partition coefficient (Wildman–Crippen LogP) is 6.75. The number of benzene rings is 1. The predicted molar refractivity (Wildman–Crippen MR) is 185 cm³/mol. The smallest absolute Gasteiger partial charge is 0.407 e. The number of pyridine rings is 1. The van der Waals surface area contributed by atoms with Crippen molar-refractivity contribution < 1.29 is 24.2 Å². The standard InChI is InChI=1S/C38H51N5O5/c1-26(2)43-24-30(23-41-43)29-11-18-39-34(22-29)42(35(45)28-5-8-32(9-6-28)48-36(46)40-19-20-44)25-37-12-15-38(16-13-37,17-14-37)31-7-10-33(47-4)27(3)21-31/h7,10-11,18,21-24,26,28,32,44H,5-6,8-9,12-17,19-20,25H2,1-4H3,(H,40,46). The fraction of sp³-hybridized carbons (Fsp3) is 0.579. The number of aliphatic hydroxyl groups excluding tert-OH is 1. The van der Waals surface area contributed by atoms with Crippen molar-refractivity contribution in [3.05, 3.63) is 60.0 Å². The number of hydrogen-bond acceptors (Lipinski definition) is 7. The Morgan fingerprint density at radius 1 is 1.04 bits per heavy atom. The lowest BCUT2D eigenvalue weighted by Gasteiger charge is -2.55. The summed E-state index contributed by atoms with van der Waals surface area (Å²) in [6.45, 7) is 7.02. The molecule has 4 aliphatic carbocycles. The van der Waals surface area contributed by atoms with E-state index in [0.717, 1.165) is 55.4 Å². The zero-order chi connectivity index (χ0) is 33.9. The molecule has 2 amide bonds. The van der Waals surface area contributed by atoms with E-state index in [1.54, 1.807) is 7.11 Å². The first-order valence-corrected chi connectivity index (χ1v) is 17.7. The molecule has 0 spiro atoms. The molecule has 10 nitrogen and oxygen atoms in total. The largest absolute Gasteiger partial charge is 0.496 e. The number of aromatic nitrogens is 3. The number of rotatable bonds is 11. The molecule has 0 aliphatic heterocycles. The molecule has 48 heavy (non-hydrogen) atoms. The number of carbonyl (C=O) groups is 2. The average Bonchev–Trinajstić information content (AvgIpc) is 3.62. The third-order valence-electron chi connectivity index (χ3n) is 11.3. The highest BCUT2D eigenvalue weighted by Crippen LogP contribution is 2.58. The fourth-order valence-electron chi connectivity index (χ4n) is 8.26. The summed E-state index contributed by atoms with van der Waals surface area (Å²) >= 11 is 0. The van der Waals surface area contributed by atoms with Crippen LogP contribution in [0.3, 0.4) is 0 Å². The van der Waals surface area contributed by atoms with Crippen LogP contribution in [0.25, 0.3) is 11.1 Å². The van der Waals surface area contributed by atoms with E-state index in [4.69, 9.17) is 19.6 Å². The summed E-state index contributed by atoms with van der Waals surface area (Å²) < 4.78 is 13.1. The van der Waals surface area contributed by atoms with Crippen molar-refractivity contribution >= 4 is 17.8 Å². The van der Waals surface area contributed by atoms with Crippen LogP contribution in [-0.2, 0) is 14.9 Å². The Kier molecular flexibility index (Phi) is 10.1. The topological polar surface area (TPSA) is 119 Å². The highest BCUT2D eigenvalue weighted by atomic mass is 16.6. The summed E-state index contributed by atoms with van der Waals surface area (Å²) in [4.78, 5) is 33.4. The van der Waals surface area contributed by atoms with Gasteiger partial charge in [0.15, 0.2) is 0 Å². The molecule has 258 valence electrons. The molecule has 0 atom stereocenters. The van der Waals surface area contributed by atoms with E-state index in [1.165, 1.54) is 11.1 Å². The lowest BCUT2D eigenvalue weighted by molar-refractivity contribution is -0.124. The third-order valence-corrected chi connectivity index (χ3v) is 11.3. The molecule has 4 aliphatic rings. The minimum atomic E-state index is -0.517. The van der Waals surface area contributed by atoms with Gasteiger partial charge in [-0.05, 0) is 131 Å². The van der Waals surface area contributed by atoms with Gasteiger partial charge in [0, 0.05) is 43.0 Å². The average molecular weight is 658 g/mol. The molecule has 0 unspecified atom stereocenters. The maximum atomic E-state index is 14.5. The number of carbonyl (C=O) groups excluding carboxylic acids is 2. The van der Waals surface area contributed by atoms with E-state index in [-0.39, 0.29) is 48.0 Å². The quantitative estimate of drug-likeness (QED) is 0.234. The van der Waals surface area contributed by atoms with E-state index < -0.39 is 6.09 Å². The van der Waals surface area contributed by atoms with Crippen molar-refractivity contribution in [2.75, 3.05) is 31.7 Å². The van der Waals surface area contributed by atoms with E-state index in [2.05, 4.69) is 55.6 Å². The number of aliphatic hydroxyl groups is 1. The molecule has 7 rings (SSSR count). The zero-order valence-corrected chi connectivity index (χ0v) is 28.9. The van der Waals surface area contributed by atoms with E-state index >= 15 is 0 Å². The molecule has 0 radical (unpaired) electrons. The molecule has 4 saturated carbocycles. The van der Waals surface area contributed by atoms with Crippen LogP contribution in [0.1, 0.15) is 95.2 Å². The Morgan fingerprint density at radius 2 is 1.77 bits per heavy atom. The Morgan fingerprint density at radius 3 is 2.40 bits per heavy atom. The molecule has 2 heterocycles. The summed E-state index contributed by atoms with van der Waals surface area (Å²) in [7, 11) is 1.73. The van der Waals surface area contributed by atoms with Crippen molar-refractivity contribution in [1.29, 1.82) is 0 Å². The second-order valence-electron chi connectivity index (χ2n) is 14.6. The number of hydrogen-bond donors (Lipinski definition) is 2. The van der Waals surface area contributed by atoms with Gasteiger partial charge in [-0.1, -0.05) is 12.1 Å². The Balaban J connectivity index is 1.22. The van der Waals surface area contributed by atoms with Crippen molar-refractivity contribution in [1.82, 2.24) is 20.1 Å². The second kappa shape index (κ2) is 14.3. The van der Waals surface area contributed by atoms with Crippen LogP contribution in [0, 0.1) is 18.3 Å². The number of nitrogens with zero attached hydrogens (tertiary/aromatic N) is 4. The van der Waals surface area contributed by atoms with Crippen LogP contribution in [0.15, 0.2) is 48.9 Å². The summed E-state index contributed by atoms with van der Waals surface area (Å²) in [6, 6.07) is 11.0. The molecule has 3 aromatic rings. The van der Waals surface area contributed by atoms with Gasteiger partial charge in [0.2, 0.25) is 5.91 Å². The maximum absolute atomic E-state index is 14.5. The van der Waals surface area contributed by atoms with Crippen molar-refractivity contribution in [3.8, 4) is 16.9 Å². The maximum Gasteiger partial charge on any atom is 0.407 e.